The van der Waals surface area contributed by atoms with Gasteiger partial charge in [-0.2, -0.15) is 0 Å². The number of aliphatic hydroxyl groups excluding tert-OH is 1. The summed E-state index contributed by atoms with van der Waals surface area (Å²) in [6, 6.07) is 4.64. The van der Waals surface area contributed by atoms with Crippen molar-refractivity contribution in [2.24, 2.45) is 23.7 Å². The van der Waals surface area contributed by atoms with E-state index in [1.165, 1.54) is 0 Å². The predicted octanol–water partition coefficient (Wildman–Crippen LogP) is 3.51. The fourth-order valence-electron chi connectivity index (χ4n) is 6.80. The molecule has 1 spiro atoms. The number of aryl methyl sites for hydroxylation is 2. The number of benzene rings is 1. The number of amides is 3. The number of likely N-dealkylation sites (tertiary alicyclic amines) is 1. The minimum Gasteiger partial charge on any atom is -0.394 e. The number of rotatable bonds is 9. The molecule has 4 rings (SSSR count). The van der Waals surface area contributed by atoms with Crippen LogP contribution in [-0.4, -0.2) is 63.0 Å². The highest BCUT2D eigenvalue weighted by Crippen LogP contribution is 2.69. The third kappa shape index (κ3) is 4.05. The van der Waals surface area contributed by atoms with Crippen molar-refractivity contribution in [3.05, 3.63) is 29.3 Å². The molecule has 3 N–H and O–H groups in total. The van der Waals surface area contributed by atoms with Crippen LogP contribution in [0.15, 0.2) is 18.2 Å². The normalized spacial score (nSPS) is 32.4. The standard InChI is InChI=1S/C28H41N3O4S/c1-7-12-29-25(33)21-20-13-18(6)28(36-20)22(21)27(35)31(19(14-32)15(3)8-2)24(28)26(34)30-23-16(4)10-9-11-17(23)5/h9-11,15,18-22,24,32H,7-8,12-14H2,1-6H3,(H,29,33)(H,30,34)/t15-,18?,19-,20+,21-,22-,24?,28?/m0/s1. The van der Waals surface area contributed by atoms with Gasteiger partial charge in [-0.1, -0.05) is 52.3 Å². The number of nitrogens with one attached hydrogen (secondary N) is 2. The molecule has 0 radical (unpaired) electrons. The number of hydrogen-bond acceptors (Lipinski definition) is 5. The lowest BCUT2D eigenvalue weighted by molar-refractivity contribution is -0.143. The van der Waals surface area contributed by atoms with Gasteiger partial charge in [0, 0.05) is 17.5 Å². The Morgan fingerprint density at radius 3 is 2.47 bits per heavy atom. The molecule has 7 nitrogen and oxygen atoms in total. The van der Waals surface area contributed by atoms with Gasteiger partial charge in [0.2, 0.25) is 17.7 Å². The molecule has 1 aromatic rings. The lowest BCUT2D eigenvalue weighted by Gasteiger charge is -2.41. The Morgan fingerprint density at radius 1 is 1.22 bits per heavy atom. The summed E-state index contributed by atoms with van der Waals surface area (Å²) in [6.07, 6.45) is 2.39. The van der Waals surface area contributed by atoms with Gasteiger partial charge in [-0.3, -0.25) is 14.4 Å². The van der Waals surface area contributed by atoms with Crippen LogP contribution in [0.25, 0.3) is 0 Å². The maximum absolute atomic E-state index is 14.3. The number of hydrogen-bond donors (Lipinski definition) is 3. The Hall–Kier alpha value is -2.06. The molecular formula is C28H41N3O4S. The number of thioether (sulfide) groups is 1. The van der Waals surface area contributed by atoms with E-state index in [0.29, 0.717) is 6.54 Å². The Kier molecular flexibility index (Phi) is 7.77. The third-order valence-corrected chi connectivity index (χ3v) is 10.9. The minimum absolute atomic E-state index is 0.00884. The van der Waals surface area contributed by atoms with E-state index in [4.69, 9.17) is 0 Å². The van der Waals surface area contributed by atoms with Gasteiger partial charge in [-0.25, -0.2) is 0 Å². The number of para-hydroxylation sites is 1. The minimum atomic E-state index is -0.755. The number of nitrogens with zero attached hydrogens (tertiary/aromatic N) is 1. The van der Waals surface area contributed by atoms with Gasteiger partial charge in [-0.15, -0.1) is 11.8 Å². The second-order valence-corrected chi connectivity index (χ2v) is 12.5. The van der Waals surface area contributed by atoms with Crippen molar-refractivity contribution in [1.82, 2.24) is 10.2 Å². The first-order valence-electron chi connectivity index (χ1n) is 13.4. The van der Waals surface area contributed by atoms with E-state index in [1.807, 2.05) is 52.8 Å². The second kappa shape index (κ2) is 10.4. The van der Waals surface area contributed by atoms with Crippen LogP contribution >= 0.6 is 11.8 Å². The van der Waals surface area contributed by atoms with Crippen LogP contribution in [0.4, 0.5) is 5.69 Å². The Balaban J connectivity index is 1.81. The molecule has 1 aromatic carbocycles. The van der Waals surface area contributed by atoms with Crippen molar-refractivity contribution in [3.8, 4) is 0 Å². The maximum Gasteiger partial charge on any atom is 0.248 e. The average Bonchev–Trinajstić information content (AvgIpc) is 3.44. The summed E-state index contributed by atoms with van der Waals surface area (Å²) in [5, 5.41) is 16.7. The summed E-state index contributed by atoms with van der Waals surface area (Å²) < 4.78 is -0.697. The zero-order valence-electron chi connectivity index (χ0n) is 22.3. The van der Waals surface area contributed by atoms with Gasteiger partial charge in [0.25, 0.3) is 0 Å². The molecule has 3 amide bonds. The molecule has 0 saturated carbocycles. The van der Waals surface area contributed by atoms with E-state index in [1.54, 1.807) is 16.7 Å². The highest BCUT2D eigenvalue weighted by Gasteiger charge is 2.76. The predicted molar refractivity (Wildman–Crippen MR) is 144 cm³/mol. The summed E-state index contributed by atoms with van der Waals surface area (Å²) in [5.74, 6) is -1.39. The molecular weight excluding hydrogens is 474 g/mol. The number of anilines is 1. The fraction of sp³-hybridized carbons (Fsp3) is 0.679. The molecule has 3 fully saturated rings. The van der Waals surface area contributed by atoms with Gasteiger partial charge < -0.3 is 20.6 Å². The SMILES string of the molecule is CCCNC(=O)[C@@H]1[C@H]2C(=O)N([C@@H](CO)[C@@H](C)CC)C(C(=O)Nc3c(C)cccc3C)C23S[C@@H]1CC3C. The van der Waals surface area contributed by atoms with Gasteiger partial charge >= 0.3 is 0 Å². The molecule has 2 bridgehead atoms. The van der Waals surface area contributed by atoms with Crippen LogP contribution in [0.1, 0.15) is 58.1 Å². The average molecular weight is 516 g/mol. The maximum atomic E-state index is 14.3. The number of fused-ring (bicyclic) bond motifs is 1. The largest absolute Gasteiger partial charge is 0.394 e. The summed E-state index contributed by atoms with van der Waals surface area (Å²) in [7, 11) is 0. The zero-order chi connectivity index (χ0) is 26.4. The quantitative estimate of drug-likeness (QED) is 0.468. The van der Waals surface area contributed by atoms with E-state index in [9.17, 15) is 19.5 Å². The molecule has 198 valence electrons. The summed E-state index contributed by atoms with van der Waals surface area (Å²) in [4.78, 5) is 43.5. The molecule has 36 heavy (non-hydrogen) atoms. The van der Waals surface area contributed by atoms with Crippen LogP contribution in [-0.2, 0) is 14.4 Å². The van der Waals surface area contributed by atoms with Gasteiger partial charge in [0.05, 0.1) is 29.2 Å². The third-order valence-electron chi connectivity index (χ3n) is 8.86. The van der Waals surface area contributed by atoms with Crippen LogP contribution in [0.2, 0.25) is 0 Å². The molecule has 3 aliphatic rings. The van der Waals surface area contributed by atoms with Crippen molar-refractivity contribution in [2.45, 2.75) is 82.9 Å². The Bertz CT molecular complexity index is 1010. The van der Waals surface area contributed by atoms with Crippen molar-refractivity contribution in [2.75, 3.05) is 18.5 Å². The highest BCUT2D eigenvalue weighted by molar-refractivity contribution is 8.02. The number of carbonyl (C=O) groups excluding carboxylic acids is 3. The van der Waals surface area contributed by atoms with Crippen molar-refractivity contribution in [3.63, 3.8) is 0 Å². The first kappa shape index (κ1) is 27.0. The van der Waals surface area contributed by atoms with E-state index >= 15 is 0 Å². The van der Waals surface area contributed by atoms with Gasteiger partial charge in [0.1, 0.15) is 6.04 Å². The first-order valence-corrected chi connectivity index (χ1v) is 14.3. The Labute approximate surface area is 219 Å². The summed E-state index contributed by atoms with van der Waals surface area (Å²) in [6.45, 7) is 12.4. The topological polar surface area (TPSA) is 98.7 Å². The van der Waals surface area contributed by atoms with Crippen molar-refractivity contribution < 1.29 is 19.5 Å². The molecule has 3 unspecified atom stereocenters. The molecule has 0 aromatic heterocycles. The lowest BCUT2D eigenvalue weighted by atomic mass is 9.66. The second-order valence-electron chi connectivity index (χ2n) is 11.0. The zero-order valence-corrected chi connectivity index (χ0v) is 23.2. The highest BCUT2D eigenvalue weighted by atomic mass is 32.2. The van der Waals surface area contributed by atoms with Gasteiger partial charge in [0.15, 0.2) is 0 Å². The van der Waals surface area contributed by atoms with Gasteiger partial charge in [-0.05, 0) is 49.7 Å². The summed E-state index contributed by atoms with van der Waals surface area (Å²) in [5.41, 5.74) is 2.69. The summed E-state index contributed by atoms with van der Waals surface area (Å²) >= 11 is 1.67. The van der Waals surface area contributed by atoms with Crippen LogP contribution < -0.4 is 10.6 Å². The molecule has 8 atom stereocenters. The van der Waals surface area contributed by atoms with Crippen LogP contribution in [0.3, 0.4) is 0 Å². The smallest absolute Gasteiger partial charge is 0.248 e. The molecule has 3 saturated heterocycles. The molecule has 3 aliphatic heterocycles. The lowest BCUT2D eigenvalue weighted by Crippen LogP contribution is -2.58. The number of carbonyl (C=O) groups is 3. The first-order chi connectivity index (χ1) is 17.1. The van der Waals surface area contributed by atoms with E-state index < -0.39 is 28.7 Å². The monoisotopic (exact) mass is 515 g/mol. The van der Waals surface area contributed by atoms with Crippen molar-refractivity contribution in [1.29, 1.82) is 0 Å². The molecule has 0 aliphatic carbocycles. The van der Waals surface area contributed by atoms with Crippen LogP contribution in [0.5, 0.6) is 0 Å². The van der Waals surface area contributed by atoms with E-state index in [0.717, 1.165) is 36.1 Å². The van der Waals surface area contributed by atoms with E-state index in [-0.39, 0.29) is 41.4 Å². The fourth-order valence-corrected chi connectivity index (χ4v) is 9.21. The molecule has 3 heterocycles. The Morgan fingerprint density at radius 2 is 1.89 bits per heavy atom. The van der Waals surface area contributed by atoms with E-state index in [2.05, 4.69) is 17.6 Å². The molecule has 8 heteroatoms. The number of aliphatic hydroxyl groups is 1. The van der Waals surface area contributed by atoms with Crippen LogP contribution in [0, 0.1) is 37.5 Å². The van der Waals surface area contributed by atoms with Crippen molar-refractivity contribution >= 4 is 35.2 Å².